The summed E-state index contributed by atoms with van der Waals surface area (Å²) >= 11 is 5.85. The third-order valence-electron chi connectivity index (χ3n) is 2.76. The Hall–Kier alpha value is -1.28. The molecule has 0 spiro atoms. The van der Waals surface area contributed by atoms with Crippen molar-refractivity contribution in [1.82, 2.24) is 15.0 Å². The highest BCUT2D eigenvalue weighted by molar-refractivity contribution is 6.28. The van der Waals surface area contributed by atoms with Crippen molar-refractivity contribution in [3.63, 3.8) is 0 Å². The maximum Gasteiger partial charge on any atom is 0.261 e. The van der Waals surface area contributed by atoms with Gasteiger partial charge in [-0.1, -0.05) is 0 Å². The lowest BCUT2D eigenvalue weighted by molar-refractivity contribution is 0.0214. The molecule has 0 radical (unpaired) electrons. The smallest absolute Gasteiger partial charge is 0.261 e. The Kier molecular flexibility index (Phi) is 5.66. The Morgan fingerprint density at radius 2 is 2.00 bits per heavy atom. The van der Waals surface area contributed by atoms with E-state index >= 15 is 0 Å². The SMILES string of the molecule is FC(F)COCCNc1nc(Cl)nc(N2CCCC2)n1. The Bertz CT molecular complexity index is 431. The number of rotatable bonds is 7. The zero-order valence-electron chi connectivity index (χ0n) is 10.9. The fourth-order valence-electron chi connectivity index (χ4n) is 1.88. The summed E-state index contributed by atoms with van der Waals surface area (Å²) in [5.74, 6) is 0.867. The first kappa shape index (κ1) is 15.1. The molecule has 0 aromatic carbocycles. The largest absolute Gasteiger partial charge is 0.374 e. The number of halogens is 3. The standard InChI is InChI=1S/C11H16ClF2N5O/c12-9-16-10(15-3-6-20-7-8(13)14)18-11(17-9)19-4-1-2-5-19/h8H,1-7H2,(H,15,16,17,18). The van der Waals surface area contributed by atoms with Gasteiger partial charge in [0.1, 0.15) is 6.61 Å². The number of hydrogen-bond donors (Lipinski definition) is 1. The predicted octanol–water partition coefficient (Wildman–Crippen LogP) is 1.82. The molecule has 0 bridgehead atoms. The highest BCUT2D eigenvalue weighted by Crippen LogP contribution is 2.18. The quantitative estimate of drug-likeness (QED) is 0.775. The molecular formula is C11H16ClF2N5O. The number of anilines is 2. The Morgan fingerprint density at radius 1 is 1.25 bits per heavy atom. The zero-order valence-corrected chi connectivity index (χ0v) is 11.6. The lowest BCUT2D eigenvalue weighted by Gasteiger charge is -2.15. The van der Waals surface area contributed by atoms with Crippen LogP contribution in [0.2, 0.25) is 5.28 Å². The maximum absolute atomic E-state index is 11.9. The number of aromatic nitrogens is 3. The predicted molar refractivity (Wildman–Crippen MR) is 71.6 cm³/mol. The summed E-state index contributed by atoms with van der Waals surface area (Å²) in [7, 11) is 0. The molecule has 1 aromatic rings. The molecule has 1 aliphatic heterocycles. The van der Waals surface area contributed by atoms with Gasteiger partial charge in [0.05, 0.1) is 6.61 Å². The van der Waals surface area contributed by atoms with E-state index in [1.165, 1.54) is 0 Å². The second-order valence-corrected chi connectivity index (χ2v) is 4.65. The van der Waals surface area contributed by atoms with Gasteiger partial charge in [-0.05, 0) is 24.4 Å². The summed E-state index contributed by atoms with van der Waals surface area (Å²) in [4.78, 5) is 14.3. The lowest BCUT2D eigenvalue weighted by atomic mass is 10.4. The van der Waals surface area contributed by atoms with Crippen molar-refractivity contribution in [3.05, 3.63) is 5.28 Å². The van der Waals surface area contributed by atoms with Gasteiger partial charge >= 0.3 is 0 Å². The van der Waals surface area contributed by atoms with E-state index < -0.39 is 13.0 Å². The highest BCUT2D eigenvalue weighted by Gasteiger charge is 2.16. The van der Waals surface area contributed by atoms with Crippen LogP contribution in [-0.4, -0.2) is 54.2 Å². The van der Waals surface area contributed by atoms with Gasteiger partial charge in [0, 0.05) is 19.6 Å². The Morgan fingerprint density at radius 3 is 2.70 bits per heavy atom. The maximum atomic E-state index is 11.9. The Labute approximate surface area is 120 Å². The van der Waals surface area contributed by atoms with Crippen molar-refractivity contribution < 1.29 is 13.5 Å². The van der Waals surface area contributed by atoms with Gasteiger partial charge in [-0.2, -0.15) is 15.0 Å². The number of nitrogens with zero attached hydrogens (tertiary/aromatic N) is 4. The number of hydrogen-bond acceptors (Lipinski definition) is 6. The molecule has 2 rings (SSSR count). The van der Waals surface area contributed by atoms with Crippen LogP contribution >= 0.6 is 11.6 Å². The van der Waals surface area contributed by atoms with Crippen LogP contribution in [0, 0.1) is 0 Å². The van der Waals surface area contributed by atoms with Crippen molar-refractivity contribution >= 4 is 23.5 Å². The molecule has 6 nitrogen and oxygen atoms in total. The first-order valence-corrected chi connectivity index (χ1v) is 6.79. The molecule has 1 aliphatic rings. The van der Waals surface area contributed by atoms with E-state index in [-0.39, 0.29) is 11.9 Å². The second kappa shape index (κ2) is 7.49. The molecule has 1 N–H and O–H groups in total. The third-order valence-corrected chi connectivity index (χ3v) is 2.93. The number of ether oxygens (including phenoxy) is 1. The summed E-state index contributed by atoms with van der Waals surface area (Å²) in [6.45, 7) is 1.70. The molecule has 0 unspecified atom stereocenters. The van der Waals surface area contributed by atoms with Crippen LogP contribution in [-0.2, 0) is 4.74 Å². The summed E-state index contributed by atoms with van der Waals surface area (Å²) < 4.78 is 28.5. The summed E-state index contributed by atoms with van der Waals surface area (Å²) in [5, 5.41) is 2.99. The molecule has 1 saturated heterocycles. The average molecular weight is 308 g/mol. The van der Waals surface area contributed by atoms with Crippen LogP contribution < -0.4 is 10.2 Å². The molecule has 0 aliphatic carbocycles. The lowest BCUT2D eigenvalue weighted by Crippen LogP contribution is -2.22. The van der Waals surface area contributed by atoms with Gasteiger partial charge < -0.3 is 15.0 Å². The minimum absolute atomic E-state index is 0.109. The molecule has 0 saturated carbocycles. The topological polar surface area (TPSA) is 63.2 Å². The van der Waals surface area contributed by atoms with Crippen LogP contribution in [0.4, 0.5) is 20.7 Å². The van der Waals surface area contributed by atoms with E-state index in [1.54, 1.807) is 0 Å². The van der Waals surface area contributed by atoms with E-state index in [0.29, 0.717) is 18.4 Å². The van der Waals surface area contributed by atoms with Crippen LogP contribution in [0.5, 0.6) is 0 Å². The minimum atomic E-state index is -2.46. The zero-order chi connectivity index (χ0) is 14.4. The summed E-state index contributed by atoms with van der Waals surface area (Å²) in [5.41, 5.74) is 0. The summed E-state index contributed by atoms with van der Waals surface area (Å²) in [6, 6.07) is 0. The summed E-state index contributed by atoms with van der Waals surface area (Å²) in [6.07, 6.45) is -0.246. The molecule has 20 heavy (non-hydrogen) atoms. The van der Waals surface area contributed by atoms with Gasteiger partial charge in [0.2, 0.25) is 17.2 Å². The van der Waals surface area contributed by atoms with E-state index in [9.17, 15) is 8.78 Å². The van der Waals surface area contributed by atoms with Crippen molar-refractivity contribution in [2.24, 2.45) is 0 Å². The van der Waals surface area contributed by atoms with Crippen molar-refractivity contribution in [1.29, 1.82) is 0 Å². The third kappa shape index (κ3) is 4.68. The van der Waals surface area contributed by atoms with E-state index in [0.717, 1.165) is 25.9 Å². The minimum Gasteiger partial charge on any atom is -0.374 e. The van der Waals surface area contributed by atoms with Gasteiger partial charge in [-0.15, -0.1) is 0 Å². The van der Waals surface area contributed by atoms with Gasteiger partial charge in [-0.3, -0.25) is 0 Å². The first-order chi connectivity index (χ1) is 9.65. The monoisotopic (exact) mass is 307 g/mol. The van der Waals surface area contributed by atoms with Crippen LogP contribution in [0.1, 0.15) is 12.8 Å². The second-order valence-electron chi connectivity index (χ2n) is 4.31. The van der Waals surface area contributed by atoms with Crippen molar-refractivity contribution in [2.75, 3.05) is 43.1 Å². The molecule has 2 heterocycles. The van der Waals surface area contributed by atoms with Gasteiger partial charge in [0.25, 0.3) is 6.43 Å². The van der Waals surface area contributed by atoms with Crippen molar-refractivity contribution in [3.8, 4) is 0 Å². The van der Waals surface area contributed by atoms with Crippen LogP contribution in [0.25, 0.3) is 0 Å². The Balaban J connectivity index is 1.84. The molecular weight excluding hydrogens is 292 g/mol. The van der Waals surface area contributed by atoms with Crippen LogP contribution in [0.3, 0.4) is 0 Å². The van der Waals surface area contributed by atoms with E-state index in [2.05, 4.69) is 20.3 Å². The fourth-order valence-corrected chi connectivity index (χ4v) is 2.04. The van der Waals surface area contributed by atoms with Gasteiger partial charge in [0.15, 0.2) is 0 Å². The molecule has 112 valence electrons. The van der Waals surface area contributed by atoms with E-state index in [1.807, 2.05) is 4.90 Å². The number of nitrogens with one attached hydrogen (secondary N) is 1. The highest BCUT2D eigenvalue weighted by atomic mass is 35.5. The molecule has 1 aromatic heterocycles. The molecule has 9 heteroatoms. The fraction of sp³-hybridized carbons (Fsp3) is 0.727. The van der Waals surface area contributed by atoms with E-state index in [4.69, 9.17) is 16.3 Å². The van der Waals surface area contributed by atoms with Crippen molar-refractivity contribution in [2.45, 2.75) is 19.3 Å². The molecule has 0 amide bonds. The van der Waals surface area contributed by atoms with Gasteiger partial charge in [-0.25, -0.2) is 8.78 Å². The number of alkyl halides is 2. The molecule has 1 fully saturated rings. The first-order valence-electron chi connectivity index (χ1n) is 6.41. The van der Waals surface area contributed by atoms with Crippen LogP contribution in [0.15, 0.2) is 0 Å². The average Bonchev–Trinajstić information content (AvgIpc) is 2.91. The molecule has 0 atom stereocenters. The normalized spacial score (nSPS) is 15.1.